The van der Waals surface area contributed by atoms with Crippen molar-refractivity contribution in [2.24, 2.45) is 0 Å². The highest BCUT2D eigenvalue weighted by molar-refractivity contribution is 7.19. The maximum absolute atomic E-state index is 11.7. The van der Waals surface area contributed by atoms with E-state index in [0.29, 0.717) is 16.3 Å². The number of esters is 1. The number of nitrogens with zero attached hydrogens (tertiary/aromatic N) is 2. The number of thiophene rings is 1. The summed E-state index contributed by atoms with van der Waals surface area (Å²) >= 11 is 8.01. The lowest BCUT2D eigenvalue weighted by atomic mass is 10.1. The van der Waals surface area contributed by atoms with Gasteiger partial charge in [0.1, 0.15) is 17.0 Å². The van der Waals surface area contributed by atoms with Gasteiger partial charge in [-0.15, -0.1) is 11.3 Å². The van der Waals surface area contributed by atoms with Crippen LogP contribution in [0.25, 0.3) is 10.2 Å². The molecule has 3 aromatic rings. The Morgan fingerprint density at radius 3 is 3.04 bits per heavy atom. The third-order valence-corrected chi connectivity index (χ3v) is 5.67. The van der Waals surface area contributed by atoms with Gasteiger partial charge < -0.3 is 10.1 Å². The van der Waals surface area contributed by atoms with Gasteiger partial charge in [-0.05, 0) is 43.0 Å². The summed E-state index contributed by atoms with van der Waals surface area (Å²) in [5, 5.41) is 4.85. The Hall–Kier alpha value is -2.18. The van der Waals surface area contributed by atoms with Gasteiger partial charge in [-0.1, -0.05) is 11.6 Å². The summed E-state index contributed by atoms with van der Waals surface area (Å²) in [6.07, 6.45) is 4.88. The van der Waals surface area contributed by atoms with Gasteiger partial charge in [-0.25, -0.2) is 14.8 Å². The molecule has 2 heterocycles. The number of carbonyl (C=O) groups excluding carboxylic acids is 1. The molecule has 4 rings (SSSR count). The topological polar surface area (TPSA) is 64.1 Å². The summed E-state index contributed by atoms with van der Waals surface area (Å²) in [5.74, 6) is 0.322. The lowest BCUT2D eigenvalue weighted by Gasteiger charge is -2.10. The molecule has 1 aliphatic carbocycles. The highest BCUT2D eigenvalue weighted by Crippen LogP contribution is 2.40. The van der Waals surface area contributed by atoms with Crippen molar-refractivity contribution in [3.05, 3.63) is 45.6 Å². The van der Waals surface area contributed by atoms with E-state index < -0.39 is 5.97 Å². The second-order valence-electron chi connectivity index (χ2n) is 5.57. The molecular formula is C17H14ClN3O2S. The molecule has 0 unspecified atom stereocenters. The fraction of sp³-hybridized carbons (Fsp3) is 0.235. The van der Waals surface area contributed by atoms with E-state index in [9.17, 15) is 4.79 Å². The molecule has 0 atom stereocenters. The lowest BCUT2D eigenvalue weighted by Crippen LogP contribution is -2.03. The molecule has 1 aliphatic rings. The van der Waals surface area contributed by atoms with Gasteiger partial charge in [0.15, 0.2) is 0 Å². The Labute approximate surface area is 147 Å². The van der Waals surface area contributed by atoms with Crippen LogP contribution in [0.5, 0.6) is 0 Å². The number of aryl methyl sites for hydroxylation is 2. The number of halogens is 1. The first-order chi connectivity index (χ1) is 11.7. The SMILES string of the molecule is COC(=O)c1ccc(Cl)c(Nc2ncnc3sc4c(c23)CCC4)c1. The predicted octanol–water partition coefficient (Wildman–Crippen LogP) is 4.36. The lowest BCUT2D eigenvalue weighted by molar-refractivity contribution is 0.0601. The van der Waals surface area contributed by atoms with E-state index in [1.165, 1.54) is 24.0 Å². The minimum atomic E-state index is -0.404. The zero-order chi connectivity index (χ0) is 16.7. The molecule has 0 saturated carbocycles. The van der Waals surface area contributed by atoms with Crippen LogP contribution >= 0.6 is 22.9 Å². The Balaban J connectivity index is 1.79. The summed E-state index contributed by atoms with van der Waals surface area (Å²) in [5.41, 5.74) is 2.39. The number of rotatable bonds is 3. The van der Waals surface area contributed by atoms with Gasteiger partial charge in [0.05, 0.1) is 28.8 Å². The van der Waals surface area contributed by atoms with Gasteiger partial charge in [-0.2, -0.15) is 0 Å². The first-order valence-corrected chi connectivity index (χ1v) is 8.77. The van der Waals surface area contributed by atoms with Crippen molar-refractivity contribution in [1.82, 2.24) is 9.97 Å². The Morgan fingerprint density at radius 2 is 2.21 bits per heavy atom. The normalized spacial score (nSPS) is 13.1. The molecule has 0 saturated heterocycles. The van der Waals surface area contributed by atoms with Crippen molar-refractivity contribution in [3.8, 4) is 0 Å². The molecule has 0 fully saturated rings. The number of hydrogen-bond acceptors (Lipinski definition) is 6. The minimum Gasteiger partial charge on any atom is -0.465 e. The van der Waals surface area contributed by atoms with E-state index in [0.717, 1.165) is 28.9 Å². The largest absolute Gasteiger partial charge is 0.465 e. The number of carbonyl (C=O) groups is 1. The third kappa shape index (κ3) is 2.52. The molecule has 122 valence electrons. The van der Waals surface area contributed by atoms with Crippen LogP contribution in [-0.4, -0.2) is 23.0 Å². The van der Waals surface area contributed by atoms with Crippen molar-refractivity contribution in [2.75, 3.05) is 12.4 Å². The molecule has 1 N–H and O–H groups in total. The number of ether oxygens (including phenoxy) is 1. The highest BCUT2D eigenvalue weighted by Gasteiger charge is 2.21. The smallest absolute Gasteiger partial charge is 0.337 e. The fourth-order valence-corrected chi connectivity index (χ4v) is 4.41. The maximum Gasteiger partial charge on any atom is 0.337 e. The van der Waals surface area contributed by atoms with E-state index in [1.807, 2.05) is 0 Å². The highest BCUT2D eigenvalue weighted by atomic mass is 35.5. The number of benzene rings is 1. The predicted molar refractivity (Wildman–Crippen MR) is 95.5 cm³/mol. The molecule has 0 amide bonds. The van der Waals surface area contributed by atoms with Gasteiger partial charge in [0.2, 0.25) is 0 Å². The number of fused-ring (bicyclic) bond motifs is 3. The molecule has 2 aromatic heterocycles. The van der Waals surface area contributed by atoms with Crippen molar-refractivity contribution in [3.63, 3.8) is 0 Å². The maximum atomic E-state index is 11.7. The molecule has 5 nitrogen and oxygen atoms in total. The van der Waals surface area contributed by atoms with Crippen LogP contribution in [0.3, 0.4) is 0 Å². The Kier molecular flexibility index (Phi) is 3.86. The molecule has 0 bridgehead atoms. The van der Waals surface area contributed by atoms with E-state index in [2.05, 4.69) is 15.3 Å². The van der Waals surface area contributed by atoms with Crippen LogP contribution in [-0.2, 0) is 17.6 Å². The Bertz CT molecular complexity index is 954. The number of anilines is 2. The van der Waals surface area contributed by atoms with Crippen LogP contribution in [0.4, 0.5) is 11.5 Å². The zero-order valence-electron chi connectivity index (χ0n) is 12.9. The van der Waals surface area contributed by atoms with Crippen LogP contribution in [0.2, 0.25) is 5.02 Å². The second-order valence-corrected chi connectivity index (χ2v) is 7.06. The number of methoxy groups -OCH3 is 1. The Morgan fingerprint density at radius 1 is 1.33 bits per heavy atom. The van der Waals surface area contributed by atoms with Crippen LogP contribution in [0.15, 0.2) is 24.5 Å². The first-order valence-electron chi connectivity index (χ1n) is 7.57. The van der Waals surface area contributed by atoms with E-state index >= 15 is 0 Å². The first kappa shape index (κ1) is 15.4. The monoisotopic (exact) mass is 359 g/mol. The van der Waals surface area contributed by atoms with Crippen LogP contribution in [0, 0.1) is 0 Å². The van der Waals surface area contributed by atoms with Crippen molar-refractivity contribution in [2.45, 2.75) is 19.3 Å². The van der Waals surface area contributed by atoms with Crippen LogP contribution < -0.4 is 5.32 Å². The van der Waals surface area contributed by atoms with Gasteiger partial charge in [0, 0.05) is 4.88 Å². The number of aromatic nitrogens is 2. The summed E-state index contributed by atoms with van der Waals surface area (Å²) in [4.78, 5) is 22.9. The minimum absolute atomic E-state index is 0.404. The average molecular weight is 360 g/mol. The van der Waals surface area contributed by atoms with Crippen molar-refractivity contribution >= 4 is 50.6 Å². The third-order valence-electron chi connectivity index (χ3n) is 4.14. The fourth-order valence-electron chi connectivity index (χ4n) is 3.02. The van der Waals surface area contributed by atoms with Crippen molar-refractivity contribution in [1.29, 1.82) is 0 Å². The molecular weight excluding hydrogens is 346 g/mol. The number of hydrogen-bond donors (Lipinski definition) is 1. The molecule has 0 aliphatic heterocycles. The average Bonchev–Trinajstić information content (AvgIpc) is 3.17. The summed E-state index contributed by atoms with van der Waals surface area (Å²) in [6, 6.07) is 4.98. The second kappa shape index (κ2) is 6.03. The quantitative estimate of drug-likeness (QED) is 0.704. The molecule has 0 spiro atoms. The van der Waals surface area contributed by atoms with Gasteiger partial charge >= 0.3 is 5.97 Å². The van der Waals surface area contributed by atoms with E-state index in [1.54, 1.807) is 35.9 Å². The molecule has 24 heavy (non-hydrogen) atoms. The van der Waals surface area contributed by atoms with E-state index in [-0.39, 0.29) is 0 Å². The molecule has 1 aromatic carbocycles. The summed E-state index contributed by atoms with van der Waals surface area (Å²) in [6.45, 7) is 0. The summed E-state index contributed by atoms with van der Waals surface area (Å²) < 4.78 is 4.77. The van der Waals surface area contributed by atoms with Gasteiger partial charge in [0.25, 0.3) is 0 Å². The molecule has 7 heteroatoms. The van der Waals surface area contributed by atoms with E-state index in [4.69, 9.17) is 16.3 Å². The van der Waals surface area contributed by atoms with Crippen molar-refractivity contribution < 1.29 is 9.53 Å². The standard InChI is InChI=1S/C17H14ClN3O2S/c1-23-17(22)9-5-6-11(18)12(7-9)21-15-14-10-3-2-4-13(10)24-16(14)20-8-19-15/h5-8H,2-4H2,1H3,(H,19,20,21). The summed E-state index contributed by atoms with van der Waals surface area (Å²) in [7, 11) is 1.35. The molecule has 0 radical (unpaired) electrons. The van der Waals surface area contributed by atoms with Crippen LogP contribution in [0.1, 0.15) is 27.2 Å². The van der Waals surface area contributed by atoms with Gasteiger partial charge in [-0.3, -0.25) is 0 Å². The zero-order valence-corrected chi connectivity index (χ0v) is 14.5. The number of nitrogens with one attached hydrogen (secondary N) is 1.